The zero-order valence-corrected chi connectivity index (χ0v) is 10.8. The average Bonchev–Trinajstić information content (AvgIpc) is 2.31. The number of hydrogen-bond acceptors (Lipinski definition) is 2. The van der Waals surface area contributed by atoms with Crippen LogP contribution in [0.4, 0.5) is 5.69 Å². The van der Waals surface area contributed by atoms with Crippen LogP contribution < -0.4 is 5.32 Å². The minimum Gasteiger partial charge on any atom is -0.480 e. The van der Waals surface area contributed by atoms with Crippen molar-refractivity contribution in [3.8, 4) is 0 Å². The van der Waals surface area contributed by atoms with E-state index in [-0.39, 0.29) is 0 Å². The Kier molecular flexibility index (Phi) is 4.55. The summed E-state index contributed by atoms with van der Waals surface area (Å²) >= 11 is 0. The molecule has 0 saturated carbocycles. The van der Waals surface area contributed by atoms with Gasteiger partial charge in [-0.2, -0.15) is 0 Å². The molecule has 0 bridgehead atoms. The number of aryl methyl sites for hydroxylation is 1. The van der Waals surface area contributed by atoms with Crippen LogP contribution in [-0.4, -0.2) is 16.6 Å². The Balaban J connectivity index is 2.92. The van der Waals surface area contributed by atoms with Crippen LogP contribution in [0.5, 0.6) is 0 Å². The van der Waals surface area contributed by atoms with E-state index >= 15 is 0 Å². The van der Waals surface area contributed by atoms with Crippen molar-refractivity contribution in [2.75, 3.05) is 5.32 Å². The van der Waals surface area contributed by atoms with E-state index in [2.05, 4.69) is 5.32 Å². The quantitative estimate of drug-likeness (QED) is 0.794. The van der Waals surface area contributed by atoms with E-state index in [4.69, 9.17) is 0 Å². The largest absolute Gasteiger partial charge is 0.480 e. The molecule has 0 aliphatic rings. The molecule has 0 aromatic heterocycles. The predicted molar refractivity (Wildman–Crippen MR) is 70.4 cm³/mol. The maximum atomic E-state index is 11.5. The van der Waals surface area contributed by atoms with Crippen LogP contribution >= 0.6 is 0 Å². The van der Waals surface area contributed by atoms with E-state index in [1.54, 1.807) is 0 Å². The smallest absolute Gasteiger partial charge is 0.329 e. The molecule has 1 rings (SSSR count). The fraction of sp³-hybridized carbons (Fsp3) is 0.500. The van der Waals surface area contributed by atoms with E-state index in [0.29, 0.717) is 12.8 Å². The molecule has 94 valence electrons. The number of benzene rings is 1. The van der Waals surface area contributed by atoms with Gasteiger partial charge in [0.25, 0.3) is 0 Å². The molecule has 1 unspecified atom stereocenters. The summed E-state index contributed by atoms with van der Waals surface area (Å²) in [6, 6.07) is 7.82. The zero-order chi connectivity index (χ0) is 12.9. The van der Waals surface area contributed by atoms with Crippen molar-refractivity contribution in [3.05, 3.63) is 29.8 Å². The highest BCUT2D eigenvalue weighted by molar-refractivity contribution is 5.82. The van der Waals surface area contributed by atoms with Gasteiger partial charge in [-0.05, 0) is 31.9 Å². The summed E-state index contributed by atoms with van der Waals surface area (Å²) in [6.07, 6.45) is 2.05. The Morgan fingerprint density at radius 1 is 1.29 bits per heavy atom. The molecule has 17 heavy (non-hydrogen) atoms. The first-order valence-electron chi connectivity index (χ1n) is 6.12. The molecular formula is C14H21NO2. The lowest BCUT2D eigenvalue weighted by molar-refractivity contribution is -0.142. The molecule has 0 heterocycles. The number of aliphatic carboxylic acids is 1. The van der Waals surface area contributed by atoms with Crippen LogP contribution in [0.25, 0.3) is 0 Å². The van der Waals surface area contributed by atoms with Crippen molar-refractivity contribution in [2.45, 2.75) is 45.6 Å². The van der Waals surface area contributed by atoms with E-state index in [1.807, 2.05) is 45.0 Å². The fourth-order valence-electron chi connectivity index (χ4n) is 1.98. The van der Waals surface area contributed by atoms with Gasteiger partial charge in [0.05, 0.1) is 0 Å². The molecule has 1 aromatic rings. The van der Waals surface area contributed by atoms with Crippen molar-refractivity contribution in [1.29, 1.82) is 0 Å². The lowest BCUT2D eigenvalue weighted by atomic mass is 9.90. The third-order valence-electron chi connectivity index (χ3n) is 3.12. The molecular weight excluding hydrogens is 214 g/mol. The van der Waals surface area contributed by atoms with Gasteiger partial charge in [0.2, 0.25) is 0 Å². The summed E-state index contributed by atoms with van der Waals surface area (Å²) in [5, 5.41) is 12.6. The average molecular weight is 235 g/mol. The van der Waals surface area contributed by atoms with E-state index in [9.17, 15) is 9.90 Å². The topological polar surface area (TPSA) is 49.3 Å². The van der Waals surface area contributed by atoms with Gasteiger partial charge >= 0.3 is 5.97 Å². The molecule has 0 aliphatic carbocycles. The molecule has 0 amide bonds. The molecule has 0 saturated heterocycles. The maximum Gasteiger partial charge on any atom is 0.329 e. The summed E-state index contributed by atoms with van der Waals surface area (Å²) in [6.45, 7) is 5.93. The van der Waals surface area contributed by atoms with Gasteiger partial charge in [0, 0.05) is 5.69 Å². The standard InChI is InChI=1S/C14H21NO2/c1-4-10-14(5-2,13(16)17)15-12-8-6-11(3)7-9-12/h6-9,15H,4-5,10H2,1-3H3,(H,16,17). The Morgan fingerprint density at radius 2 is 1.88 bits per heavy atom. The second-order valence-corrected chi connectivity index (χ2v) is 4.48. The fourth-order valence-corrected chi connectivity index (χ4v) is 1.98. The Hall–Kier alpha value is -1.51. The first-order chi connectivity index (χ1) is 8.04. The van der Waals surface area contributed by atoms with Crippen molar-refractivity contribution >= 4 is 11.7 Å². The highest BCUT2D eigenvalue weighted by Crippen LogP contribution is 2.24. The number of carbonyl (C=O) groups is 1. The second kappa shape index (κ2) is 5.71. The van der Waals surface area contributed by atoms with Crippen LogP contribution in [-0.2, 0) is 4.79 Å². The van der Waals surface area contributed by atoms with Crippen molar-refractivity contribution in [2.24, 2.45) is 0 Å². The highest BCUT2D eigenvalue weighted by atomic mass is 16.4. The first kappa shape index (κ1) is 13.6. The van der Waals surface area contributed by atoms with Gasteiger partial charge in [-0.3, -0.25) is 0 Å². The third kappa shape index (κ3) is 3.22. The van der Waals surface area contributed by atoms with Gasteiger partial charge in [-0.15, -0.1) is 0 Å². The number of nitrogens with one attached hydrogen (secondary N) is 1. The molecule has 3 nitrogen and oxygen atoms in total. The lowest BCUT2D eigenvalue weighted by Gasteiger charge is -2.30. The van der Waals surface area contributed by atoms with Crippen molar-refractivity contribution in [3.63, 3.8) is 0 Å². The third-order valence-corrected chi connectivity index (χ3v) is 3.12. The van der Waals surface area contributed by atoms with Gasteiger partial charge < -0.3 is 10.4 Å². The molecule has 2 N–H and O–H groups in total. The van der Waals surface area contributed by atoms with Gasteiger partial charge in [-0.25, -0.2) is 4.79 Å². The van der Waals surface area contributed by atoms with E-state index in [0.717, 1.165) is 12.1 Å². The summed E-state index contributed by atoms with van der Waals surface area (Å²) < 4.78 is 0. The molecule has 1 aromatic carbocycles. The number of carboxylic acid groups (broad SMARTS) is 1. The second-order valence-electron chi connectivity index (χ2n) is 4.48. The summed E-state index contributed by atoms with van der Waals surface area (Å²) in [5.41, 5.74) is 1.20. The Morgan fingerprint density at radius 3 is 2.29 bits per heavy atom. The van der Waals surface area contributed by atoms with Crippen LogP contribution in [0, 0.1) is 6.92 Å². The van der Waals surface area contributed by atoms with Crippen molar-refractivity contribution in [1.82, 2.24) is 0 Å². The van der Waals surface area contributed by atoms with Gasteiger partial charge in [0.1, 0.15) is 5.54 Å². The molecule has 0 aliphatic heterocycles. The van der Waals surface area contributed by atoms with Gasteiger partial charge in [-0.1, -0.05) is 38.0 Å². The van der Waals surface area contributed by atoms with E-state index in [1.165, 1.54) is 5.56 Å². The zero-order valence-electron chi connectivity index (χ0n) is 10.8. The van der Waals surface area contributed by atoms with Gasteiger partial charge in [0.15, 0.2) is 0 Å². The Bertz CT molecular complexity index is 372. The lowest BCUT2D eigenvalue weighted by Crippen LogP contribution is -2.45. The van der Waals surface area contributed by atoms with Crippen LogP contribution in [0.15, 0.2) is 24.3 Å². The van der Waals surface area contributed by atoms with Crippen LogP contribution in [0.1, 0.15) is 38.7 Å². The highest BCUT2D eigenvalue weighted by Gasteiger charge is 2.35. The number of carboxylic acids is 1. The number of rotatable bonds is 6. The summed E-state index contributed by atoms with van der Waals surface area (Å²) in [4.78, 5) is 11.5. The summed E-state index contributed by atoms with van der Waals surface area (Å²) in [5.74, 6) is -0.776. The summed E-state index contributed by atoms with van der Waals surface area (Å²) in [7, 11) is 0. The minimum absolute atomic E-state index is 0.573. The number of hydrogen-bond donors (Lipinski definition) is 2. The SMILES string of the molecule is CCCC(CC)(Nc1ccc(C)cc1)C(=O)O. The van der Waals surface area contributed by atoms with E-state index < -0.39 is 11.5 Å². The molecule has 1 atom stereocenters. The van der Waals surface area contributed by atoms with Crippen LogP contribution in [0.3, 0.4) is 0 Å². The Labute approximate surface area is 103 Å². The van der Waals surface area contributed by atoms with Crippen LogP contribution in [0.2, 0.25) is 0 Å². The molecule has 0 radical (unpaired) electrons. The molecule has 3 heteroatoms. The van der Waals surface area contributed by atoms with Crippen molar-refractivity contribution < 1.29 is 9.90 Å². The normalized spacial score (nSPS) is 14.1. The monoisotopic (exact) mass is 235 g/mol. The molecule has 0 spiro atoms. The first-order valence-corrected chi connectivity index (χ1v) is 6.12. The maximum absolute atomic E-state index is 11.5. The minimum atomic E-state index is -0.843. The number of anilines is 1. The predicted octanol–water partition coefficient (Wildman–Crippen LogP) is 3.44. The molecule has 0 fully saturated rings.